The van der Waals surface area contributed by atoms with Crippen LogP contribution in [0.25, 0.3) is 0 Å². The molecule has 0 aliphatic heterocycles. The third-order valence-electron chi connectivity index (χ3n) is 7.99. The van der Waals surface area contributed by atoms with Gasteiger partial charge in [0.25, 0.3) is 0 Å². The van der Waals surface area contributed by atoms with Crippen LogP contribution in [-0.4, -0.2) is 11.1 Å². The van der Waals surface area contributed by atoms with E-state index in [-0.39, 0.29) is 11.8 Å². The summed E-state index contributed by atoms with van der Waals surface area (Å²) in [5.74, 6) is -0.0841. The number of rotatable bonds is 24. The Kier molecular flexibility index (Phi) is 20.7. The normalized spacial score (nSPS) is 14.6. The quantitative estimate of drug-likeness (QED) is 0.148. The van der Waals surface area contributed by atoms with E-state index in [0.717, 1.165) is 19.3 Å². The molecule has 0 aromatic carbocycles. The monoisotopic (exact) mass is 452 g/mol. The first-order valence-electron chi connectivity index (χ1n) is 14.7. The highest BCUT2D eigenvalue weighted by molar-refractivity contribution is 5.75. The molecule has 0 aliphatic carbocycles. The van der Waals surface area contributed by atoms with Gasteiger partial charge in [-0.3, -0.25) is 4.79 Å². The Morgan fingerprint density at radius 1 is 0.594 bits per heavy atom. The van der Waals surface area contributed by atoms with Crippen LogP contribution in [0.1, 0.15) is 169 Å². The van der Waals surface area contributed by atoms with E-state index in [1.165, 1.54) is 116 Å². The van der Waals surface area contributed by atoms with Crippen molar-refractivity contribution in [1.29, 1.82) is 0 Å². The summed E-state index contributed by atoms with van der Waals surface area (Å²) in [6.45, 7) is 11.0. The lowest BCUT2D eigenvalue weighted by Gasteiger charge is -2.39. The fourth-order valence-electron chi connectivity index (χ4n) is 5.59. The molecule has 0 spiro atoms. The number of carboxylic acids is 1. The average molecular weight is 453 g/mol. The molecule has 0 rings (SSSR count). The van der Waals surface area contributed by atoms with Gasteiger partial charge in [0.1, 0.15) is 0 Å². The summed E-state index contributed by atoms with van der Waals surface area (Å²) < 4.78 is 0. The Morgan fingerprint density at radius 3 is 1.28 bits per heavy atom. The molecule has 2 nitrogen and oxygen atoms in total. The summed E-state index contributed by atoms with van der Waals surface area (Å²) in [5, 5.41) is 10.2. The molecule has 1 N–H and O–H groups in total. The predicted octanol–water partition coefficient (Wildman–Crippen LogP) is 10.6. The van der Waals surface area contributed by atoms with Crippen molar-refractivity contribution in [3.8, 4) is 0 Å². The van der Waals surface area contributed by atoms with Gasteiger partial charge < -0.3 is 5.11 Å². The van der Waals surface area contributed by atoms with Crippen LogP contribution < -0.4 is 0 Å². The Bertz CT molecular complexity index is 417. The first-order valence-corrected chi connectivity index (χ1v) is 14.7. The number of hydrogen-bond donors (Lipinski definition) is 1. The number of hydrogen-bond acceptors (Lipinski definition) is 1. The lowest BCUT2D eigenvalue weighted by molar-refractivity contribution is -0.157. The Labute approximate surface area is 202 Å². The van der Waals surface area contributed by atoms with Crippen LogP contribution in [0.15, 0.2) is 0 Å². The second kappa shape index (κ2) is 21.0. The van der Waals surface area contributed by atoms with Crippen molar-refractivity contribution in [1.82, 2.24) is 0 Å². The molecule has 2 heteroatoms. The minimum Gasteiger partial charge on any atom is -0.481 e. The van der Waals surface area contributed by atoms with E-state index in [1.807, 2.05) is 0 Å². The summed E-state index contributed by atoms with van der Waals surface area (Å²) >= 11 is 0. The number of carboxylic acid groups (broad SMARTS) is 1. The molecule has 0 saturated heterocycles. The Balaban J connectivity index is 4.06. The SMILES string of the molecule is CCCCCCCCCCCCCCCC(C)C(CCCCCCCC)(C(=O)O)C(C)C. The molecule has 0 aromatic rings. The maximum atomic E-state index is 12.4. The molecule has 0 aromatic heterocycles. The molecule has 0 heterocycles. The minimum atomic E-state index is -0.553. The molecule has 2 atom stereocenters. The fraction of sp³-hybridized carbons (Fsp3) is 0.967. The van der Waals surface area contributed by atoms with Gasteiger partial charge >= 0.3 is 5.97 Å². The zero-order chi connectivity index (χ0) is 24.1. The molecule has 2 unspecified atom stereocenters. The van der Waals surface area contributed by atoms with Crippen LogP contribution >= 0.6 is 0 Å². The standard InChI is InChI=1S/C30H60O2/c1-6-8-10-12-14-15-16-17-18-19-20-21-23-25-28(5)30(27(3)4,29(31)32)26-24-22-13-11-9-7-2/h27-28H,6-26H2,1-5H3,(H,31,32). The van der Waals surface area contributed by atoms with Crippen molar-refractivity contribution in [2.24, 2.45) is 17.3 Å². The fourth-order valence-corrected chi connectivity index (χ4v) is 5.59. The molecule has 32 heavy (non-hydrogen) atoms. The van der Waals surface area contributed by atoms with Crippen LogP contribution in [0.5, 0.6) is 0 Å². The van der Waals surface area contributed by atoms with E-state index in [0.29, 0.717) is 0 Å². The second-order valence-corrected chi connectivity index (χ2v) is 11.0. The lowest BCUT2D eigenvalue weighted by Crippen LogP contribution is -2.42. The topological polar surface area (TPSA) is 37.3 Å². The molecule has 0 aliphatic rings. The maximum absolute atomic E-state index is 12.4. The summed E-state index contributed by atoms with van der Waals surface area (Å²) in [6.07, 6.45) is 27.1. The van der Waals surface area contributed by atoms with E-state index in [2.05, 4.69) is 34.6 Å². The summed E-state index contributed by atoms with van der Waals surface area (Å²) in [5.41, 5.74) is -0.540. The zero-order valence-electron chi connectivity index (χ0n) is 22.9. The zero-order valence-corrected chi connectivity index (χ0v) is 22.9. The van der Waals surface area contributed by atoms with Crippen molar-refractivity contribution in [2.75, 3.05) is 0 Å². The number of unbranched alkanes of at least 4 members (excludes halogenated alkanes) is 17. The minimum absolute atomic E-state index is 0.201. The van der Waals surface area contributed by atoms with Gasteiger partial charge in [0.05, 0.1) is 5.41 Å². The largest absolute Gasteiger partial charge is 0.481 e. The van der Waals surface area contributed by atoms with Gasteiger partial charge in [-0.1, -0.05) is 157 Å². The van der Waals surface area contributed by atoms with Gasteiger partial charge in [-0.25, -0.2) is 0 Å². The molecular weight excluding hydrogens is 392 g/mol. The van der Waals surface area contributed by atoms with Crippen LogP contribution in [0.4, 0.5) is 0 Å². The van der Waals surface area contributed by atoms with Crippen LogP contribution in [-0.2, 0) is 4.79 Å². The molecule has 0 bridgehead atoms. The van der Waals surface area contributed by atoms with Crippen molar-refractivity contribution in [2.45, 2.75) is 169 Å². The molecule has 0 amide bonds. The van der Waals surface area contributed by atoms with Crippen LogP contribution in [0.2, 0.25) is 0 Å². The summed E-state index contributed by atoms with van der Waals surface area (Å²) in [7, 11) is 0. The van der Waals surface area contributed by atoms with Crippen LogP contribution in [0.3, 0.4) is 0 Å². The highest BCUT2D eigenvalue weighted by Gasteiger charge is 2.45. The van der Waals surface area contributed by atoms with E-state index in [4.69, 9.17) is 0 Å². The van der Waals surface area contributed by atoms with E-state index < -0.39 is 11.4 Å². The van der Waals surface area contributed by atoms with Crippen molar-refractivity contribution in [3.05, 3.63) is 0 Å². The summed E-state index contributed by atoms with van der Waals surface area (Å²) in [6, 6.07) is 0. The van der Waals surface area contributed by atoms with Gasteiger partial charge in [-0.2, -0.15) is 0 Å². The van der Waals surface area contributed by atoms with Crippen molar-refractivity contribution >= 4 is 5.97 Å². The van der Waals surface area contributed by atoms with Gasteiger partial charge in [0.15, 0.2) is 0 Å². The third kappa shape index (κ3) is 13.9. The van der Waals surface area contributed by atoms with Gasteiger partial charge in [-0.05, 0) is 24.7 Å². The van der Waals surface area contributed by atoms with Gasteiger partial charge in [0.2, 0.25) is 0 Å². The Morgan fingerprint density at radius 2 is 0.938 bits per heavy atom. The van der Waals surface area contributed by atoms with Gasteiger partial charge in [0, 0.05) is 0 Å². The molecule has 0 radical (unpaired) electrons. The molecule has 0 fully saturated rings. The molecule has 0 saturated carbocycles. The highest BCUT2D eigenvalue weighted by atomic mass is 16.4. The summed E-state index contributed by atoms with van der Waals surface area (Å²) in [4.78, 5) is 12.4. The first kappa shape index (κ1) is 31.5. The van der Waals surface area contributed by atoms with E-state index in [9.17, 15) is 9.90 Å². The molecular formula is C30H60O2. The predicted molar refractivity (Wildman–Crippen MR) is 142 cm³/mol. The second-order valence-electron chi connectivity index (χ2n) is 11.0. The van der Waals surface area contributed by atoms with Gasteiger partial charge in [-0.15, -0.1) is 0 Å². The number of aliphatic carboxylic acids is 1. The van der Waals surface area contributed by atoms with Crippen LogP contribution in [0, 0.1) is 17.3 Å². The van der Waals surface area contributed by atoms with Crippen molar-refractivity contribution < 1.29 is 9.90 Å². The smallest absolute Gasteiger partial charge is 0.310 e. The highest BCUT2D eigenvalue weighted by Crippen LogP contribution is 2.43. The van der Waals surface area contributed by atoms with E-state index in [1.54, 1.807) is 0 Å². The van der Waals surface area contributed by atoms with E-state index >= 15 is 0 Å². The average Bonchev–Trinajstić information content (AvgIpc) is 2.75. The first-order chi connectivity index (χ1) is 15.4. The third-order valence-corrected chi connectivity index (χ3v) is 7.99. The van der Waals surface area contributed by atoms with Crippen molar-refractivity contribution in [3.63, 3.8) is 0 Å². The Hall–Kier alpha value is -0.530. The number of carbonyl (C=O) groups is 1. The molecule has 192 valence electrons. The lowest BCUT2D eigenvalue weighted by atomic mass is 9.64. The maximum Gasteiger partial charge on any atom is 0.310 e.